The Hall–Kier alpha value is -1.23. The summed E-state index contributed by atoms with van der Waals surface area (Å²) in [5.74, 6) is 2.01. The molecule has 1 saturated heterocycles. The maximum atomic E-state index is 13.6. The van der Waals surface area contributed by atoms with Crippen LogP contribution < -0.4 is 5.32 Å². The fourth-order valence-electron chi connectivity index (χ4n) is 15.8. The van der Waals surface area contributed by atoms with Crippen LogP contribution in [0.1, 0.15) is 140 Å². The van der Waals surface area contributed by atoms with Gasteiger partial charge in [0.05, 0.1) is 29.4 Å². The van der Waals surface area contributed by atoms with E-state index < -0.39 is 33.2 Å². The van der Waals surface area contributed by atoms with Gasteiger partial charge in [0.15, 0.2) is 9.84 Å². The largest absolute Gasteiger partial charge is 0.481 e. The van der Waals surface area contributed by atoms with Crippen LogP contribution in [0.4, 0.5) is 0 Å². The number of aliphatic hydroxyl groups excluding tert-OH is 1. The summed E-state index contributed by atoms with van der Waals surface area (Å²) in [7, 11) is -2.99. The Labute approximate surface area is 333 Å². The minimum atomic E-state index is -2.99. The molecule has 0 aromatic rings. The van der Waals surface area contributed by atoms with Crippen molar-refractivity contribution in [1.82, 2.24) is 10.2 Å². The number of fused-ring (bicyclic) bond motifs is 7. The zero-order valence-corrected chi connectivity index (χ0v) is 36.8. The highest BCUT2D eigenvalue weighted by molar-refractivity contribution is 7.91. The van der Waals surface area contributed by atoms with Crippen LogP contribution in [0.25, 0.3) is 0 Å². The highest BCUT2D eigenvalue weighted by Gasteiger charge is 2.71. The molecular formula is C45H76N2O7S. The van der Waals surface area contributed by atoms with Gasteiger partial charge in [0.2, 0.25) is 0 Å². The summed E-state index contributed by atoms with van der Waals surface area (Å²) in [6.07, 6.45) is 11.2. The van der Waals surface area contributed by atoms with Crippen molar-refractivity contribution in [3.8, 4) is 0 Å². The van der Waals surface area contributed by atoms with Gasteiger partial charge in [-0.3, -0.25) is 14.5 Å². The second-order valence-electron chi connectivity index (χ2n) is 22.5. The summed E-state index contributed by atoms with van der Waals surface area (Å²) < 4.78 is 31.0. The average molecular weight is 789 g/mol. The van der Waals surface area contributed by atoms with E-state index in [0.29, 0.717) is 61.6 Å². The second-order valence-corrected chi connectivity index (χ2v) is 24.8. The van der Waals surface area contributed by atoms with Crippen LogP contribution in [0.5, 0.6) is 0 Å². The number of aliphatic hydroxyl groups is 1. The lowest BCUT2D eigenvalue weighted by Crippen LogP contribution is -2.69. The first-order chi connectivity index (χ1) is 25.5. The third kappa shape index (κ3) is 6.40. The maximum Gasteiger partial charge on any atom is 0.309 e. The van der Waals surface area contributed by atoms with Crippen LogP contribution in [0.3, 0.4) is 0 Å². The molecule has 55 heavy (non-hydrogen) atoms. The number of hydrogen-bond donors (Lipinski definition) is 3. The first kappa shape index (κ1) is 41.9. The molecule has 14 atom stereocenters. The van der Waals surface area contributed by atoms with Gasteiger partial charge in [0, 0.05) is 36.6 Å². The Morgan fingerprint density at radius 1 is 0.800 bits per heavy atom. The number of carboxylic acids is 1. The third-order valence-corrected chi connectivity index (χ3v) is 21.1. The number of carboxylic acid groups (broad SMARTS) is 1. The van der Waals surface area contributed by atoms with Crippen molar-refractivity contribution in [2.45, 2.75) is 164 Å². The molecule has 7 fully saturated rings. The number of carbonyl (C=O) groups excluding carboxylic acids is 1. The van der Waals surface area contributed by atoms with Crippen molar-refractivity contribution < 1.29 is 33.0 Å². The van der Waals surface area contributed by atoms with Gasteiger partial charge in [-0.15, -0.1) is 0 Å². The number of carbonyl (C=O) groups is 2. The van der Waals surface area contributed by atoms with Gasteiger partial charge in [-0.1, -0.05) is 62.3 Å². The van der Waals surface area contributed by atoms with Crippen molar-refractivity contribution in [2.24, 2.45) is 74.4 Å². The quantitative estimate of drug-likeness (QED) is 0.208. The van der Waals surface area contributed by atoms with E-state index in [1.165, 1.54) is 38.5 Å². The van der Waals surface area contributed by atoms with E-state index in [-0.39, 0.29) is 62.7 Å². The molecule has 0 amide bonds. The van der Waals surface area contributed by atoms with Crippen molar-refractivity contribution in [1.29, 1.82) is 0 Å². The van der Waals surface area contributed by atoms with Crippen LogP contribution in [0.15, 0.2) is 0 Å². The Kier molecular flexibility index (Phi) is 10.6. The van der Waals surface area contributed by atoms with E-state index in [1.54, 1.807) is 0 Å². The molecule has 0 aromatic heterocycles. The Morgan fingerprint density at radius 3 is 2.07 bits per heavy atom. The summed E-state index contributed by atoms with van der Waals surface area (Å²) in [6.45, 7) is 24.9. The first-order valence-electron chi connectivity index (χ1n) is 22.3. The predicted octanol–water partition coefficient (Wildman–Crippen LogP) is 7.20. The average Bonchev–Trinajstić information content (AvgIpc) is 3.46. The highest BCUT2D eigenvalue weighted by atomic mass is 32.2. The molecule has 0 unspecified atom stereocenters. The van der Waals surface area contributed by atoms with Gasteiger partial charge in [-0.2, -0.15) is 0 Å². The summed E-state index contributed by atoms with van der Waals surface area (Å²) in [5.41, 5.74) is -0.131. The van der Waals surface area contributed by atoms with Crippen LogP contribution in [0.2, 0.25) is 0 Å². The molecule has 10 heteroatoms. The molecule has 0 radical (unpaired) electrons. The highest BCUT2D eigenvalue weighted by Crippen LogP contribution is 2.76. The molecule has 1 aliphatic heterocycles. The van der Waals surface area contributed by atoms with Crippen molar-refractivity contribution in [3.63, 3.8) is 0 Å². The standard InChI is InChI=1S/C45H76N2O7S/c1-27(2)29-13-18-45(46-26-33(28(3)48)47-21-23-55(52,53)24-22-47)20-19-43(9)30(37(29)45)11-12-35-42(8)16-15-36(41(6,7)34(42)14-17-44(35,43)10)54-39(51)32-25-31(38(49)50)40(32,4)5/h27-37,46,48H,11-26H2,1-10H3,(H,49,50)/t28-,29+,30-,31+,32-,33+,34+,35-,36+,37-,42+,43-,44-,45+/m1/s1. The van der Waals surface area contributed by atoms with Gasteiger partial charge in [0.1, 0.15) is 6.10 Å². The zero-order valence-electron chi connectivity index (χ0n) is 36.0. The van der Waals surface area contributed by atoms with Gasteiger partial charge in [0.25, 0.3) is 0 Å². The number of esters is 1. The lowest BCUT2D eigenvalue weighted by Gasteiger charge is -2.73. The molecule has 6 aliphatic carbocycles. The van der Waals surface area contributed by atoms with E-state index in [9.17, 15) is 28.2 Å². The molecule has 0 spiro atoms. The SMILES string of the molecule is CC(C)[C@@H]1CC[C@]2(NC[C@@H]([C@@H](C)O)N3CCS(=O)(=O)CC3)CC[C@]3(C)[C@H](CC[C@@H]4[C@@]5(C)CC[C@H](OC(=O)[C@H]6C[C@@H](C(=O)O)C6(C)C)C(C)(C)[C@@H]5CC[C@]43C)[C@@H]12. The monoisotopic (exact) mass is 789 g/mol. The van der Waals surface area contributed by atoms with Crippen molar-refractivity contribution in [2.75, 3.05) is 31.1 Å². The second kappa shape index (κ2) is 13.9. The Bertz CT molecular complexity index is 1600. The van der Waals surface area contributed by atoms with E-state index in [4.69, 9.17) is 4.74 Å². The number of ether oxygens (including phenoxy) is 1. The molecule has 7 aliphatic rings. The van der Waals surface area contributed by atoms with E-state index >= 15 is 0 Å². The van der Waals surface area contributed by atoms with Gasteiger partial charge >= 0.3 is 11.9 Å². The van der Waals surface area contributed by atoms with Crippen molar-refractivity contribution in [3.05, 3.63) is 0 Å². The van der Waals surface area contributed by atoms with Crippen LogP contribution >= 0.6 is 0 Å². The molecule has 314 valence electrons. The number of rotatable bonds is 9. The Morgan fingerprint density at radius 2 is 1.47 bits per heavy atom. The number of nitrogens with one attached hydrogen (secondary N) is 1. The minimum Gasteiger partial charge on any atom is -0.481 e. The van der Waals surface area contributed by atoms with Crippen LogP contribution in [0, 0.1) is 74.4 Å². The third-order valence-electron chi connectivity index (χ3n) is 19.5. The van der Waals surface area contributed by atoms with Gasteiger partial charge in [-0.25, -0.2) is 8.42 Å². The van der Waals surface area contributed by atoms with E-state index in [2.05, 4.69) is 58.7 Å². The van der Waals surface area contributed by atoms with Crippen LogP contribution in [-0.2, 0) is 24.2 Å². The fraction of sp³-hybridized carbons (Fsp3) is 0.956. The molecule has 3 N–H and O–H groups in total. The Balaban J connectivity index is 1.10. The molecule has 1 heterocycles. The van der Waals surface area contributed by atoms with Gasteiger partial charge in [-0.05, 0) is 135 Å². The minimum absolute atomic E-state index is 0.0435. The number of sulfone groups is 1. The molecule has 0 aromatic carbocycles. The molecule has 9 nitrogen and oxygen atoms in total. The molecular weight excluding hydrogens is 713 g/mol. The van der Waals surface area contributed by atoms with Gasteiger partial charge < -0.3 is 20.3 Å². The number of hydrogen-bond acceptors (Lipinski definition) is 8. The summed E-state index contributed by atoms with van der Waals surface area (Å²) in [6, 6.07) is -0.0972. The normalized spacial score (nSPS) is 46.9. The van der Waals surface area contributed by atoms with Crippen molar-refractivity contribution >= 4 is 21.8 Å². The summed E-state index contributed by atoms with van der Waals surface area (Å²) in [4.78, 5) is 27.6. The lowest BCUT2D eigenvalue weighted by atomic mass is 9.32. The zero-order chi connectivity index (χ0) is 40.3. The molecule has 6 saturated carbocycles. The first-order valence-corrected chi connectivity index (χ1v) is 24.1. The summed E-state index contributed by atoms with van der Waals surface area (Å²) >= 11 is 0. The smallest absolute Gasteiger partial charge is 0.309 e. The maximum absolute atomic E-state index is 13.6. The number of aliphatic carboxylic acids is 1. The summed E-state index contributed by atoms with van der Waals surface area (Å²) in [5, 5.41) is 24.9. The topological polar surface area (TPSA) is 133 Å². The van der Waals surface area contributed by atoms with E-state index in [1.807, 2.05) is 20.8 Å². The lowest BCUT2D eigenvalue weighted by molar-refractivity contribution is -0.249. The van der Waals surface area contributed by atoms with Crippen LogP contribution in [-0.4, -0.2) is 90.4 Å². The molecule has 0 bridgehead atoms. The number of nitrogens with zero attached hydrogens (tertiary/aromatic N) is 1. The molecule has 7 rings (SSSR count). The van der Waals surface area contributed by atoms with E-state index in [0.717, 1.165) is 25.7 Å². The predicted molar refractivity (Wildman–Crippen MR) is 216 cm³/mol. The fourth-order valence-corrected chi connectivity index (χ4v) is 17.1.